The Morgan fingerprint density at radius 2 is 1.61 bits per heavy atom. The van der Waals surface area contributed by atoms with E-state index in [0.717, 1.165) is 31.7 Å². The molecule has 1 fully saturated rings. The highest BCUT2D eigenvalue weighted by molar-refractivity contribution is 6.31. The number of benzene rings is 1. The lowest BCUT2D eigenvalue weighted by Crippen LogP contribution is -2.20. The number of amides is 2. The standard InChI is InChI=1S/C22H19Cl2N5O2/c23-15-4-6-18(17(11-15)22(31)28-19-7-5-16(24)13-25-19)27-21(30)14-3-8-20(26-12-14)29-9-1-2-10-29/h3-8,11-13H,1-2,9-10H2,(H,27,30)(H,25,28,31). The van der Waals surface area contributed by atoms with Gasteiger partial charge in [-0.2, -0.15) is 0 Å². The Bertz CT molecular complexity index is 1100. The fourth-order valence-electron chi connectivity index (χ4n) is 3.29. The Hall–Kier alpha value is -3.16. The molecule has 3 heterocycles. The minimum Gasteiger partial charge on any atom is -0.357 e. The molecule has 9 heteroatoms. The van der Waals surface area contributed by atoms with Gasteiger partial charge in [0.05, 0.1) is 21.8 Å². The van der Waals surface area contributed by atoms with E-state index in [2.05, 4.69) is 25.5 Å². The fraction of sp³-hybridized carbons (Fsp3) is 0.182. The van der Waals surface area contributed by atoms with Crippen LogP contribution in [-0.2, 0) is 0 Å². The monoisotopic (exact) mass is 455 g/mol. The van der Waals surface area contributed by atoms with Crippen LogP contribution in [0.2, 0.25) is 10.0 Å². The number of rotatable bonds is 5. The van der Waals surface area contributed by atoms with E-state index in [4.69, 9.17) is 23.2 Å². The number of nitrogens with one attached hydrogen (secondary N) is 2. The maximum atomic E-state index is 12.8. The number of pyridine rings is 2. The van der Waals surface area contributed by atoms with Gasteiger partial charge in [0.15, 0.2) is 0 Å². The quantitative estimate of drug-likeness (QED) is 0.571. The highest BCUT2D eigenvalue weighted by Crippen LogP contribution is 2.23. The lowest BCUT2D eigenvalue weighted by Gasteiger charge is -2.16. The summed E-state index contributed by atoms with van der Waals surface area (Å²) in [5.41, 5.74) is 0.923. The highest BCUT2D eigenvalue weighted by Gasteiger charge is 2.17. The zero-order valence-corrected chi connectivity index (χ0v) is 18.0. The number of halogens is 2. The summed E-state index contributed by atoms with van der Waals surface area (Å²) < 4.78 is 0. The molecular formula is C22H19Cl2N5O2. The topological polar surface area (TPSA) is 87.2 Å². The SMILES string of the molecule is O=C(Nc1ccc(Cl)cc1C(=O)Nc1ccc(Cl)cn1)c1ccc(N2CCCC2)nc1. The molecule has 0 radical (unpaired) electrons. The number of hydrogen-bond donors (Lipinski definition) is 2. The average molecular weight is 456 g/mol. The van der Waals surface area contributed by atoms with Crippen LogP contribution in [0.25, 0.3) is 0 Å². The summed E-state index contributed by atoms with van der Waals surface area (Å²) in [6.07, 6.45) is 5.26. The fourth-order valence-corrected chi connectivity index (χ4v) is 3.58. The first-order valence-electron chi connectivity index (χ1n) is 9.74. The number of aromatic nitrogens is 2. The molecule has 158 valence electrons. The van der Waals surface area contributed by atoms with Gasteiger partial charge in [0.25, 0.3) is 11.8 Å². The number of carbonyl (C=O) groups is 2. The summed E-state index contributed by atoms with van der Waals surface area (Å²) in [4.78, 5) is 36.2. The van der Waals surface area contributed by atoms with Crippen LogP contribution in [0.15, 0.2) is 54.9 Å². The van der Waals surface area contributed by atoms with E-state index in [9.17, 15) is 9.59 Å². The van der Waals surface area contributed by atoms with Crippen molar-refractivity contribution in [1.29, 1.82) is 0 Å². The first-order chi connectivity index (χ1) is 15.0. The molecule has 31 heavy (non-hydrogen) atoms. The maximum Gasteiger partial charge on any atom is 0.258 e. The molecule has 1 aliphatic rings. The molecule has 0 saturated carbocycles. The van der Waals surface area contributed by atoms with Crippen LogP contribution >= 0.6 is 23.2 Å². The van der Waals surface area contributed by atoms with Crippen molar-refractivity contribution in [3.63, 3.8) is 0 Å². The lowest BCUT2D eigenvalue weighted by molar-refractivity contribution is 0.102. The van der Waals surface area contributed by atoms with Gasteiger partial charge in [-0.1, -0.05) is 23.2 Å². The van der Waals surface area contributed by atoms with Crippen molar-refractivity contribution in [1.82, 2.24) is 9.97 Å². The number of anilines is 3. The van der Waals surface area contributed by atoms with Gasteiger partial charge in [0.2, 0.25) is 0 Å². The maximum absolute atomic E-state index is 12.8. The van der Waals surface area contributed by atoms with Crippen molar-refractivity contribution in [2.75, 3.05) is 28.6 Å². The van der Waals surface area contributed by atoms with Gasteiger partial charge in [0, 0.05) is 30.5 Å². The van der Waals surface area contributed by atoms with Crippen LogP contribution in [-0.4, -0.2) is 34.9 Å². The number of nitrogens with zero attached hydrogens (tertiary/aromatic N) is 3. The van der Waals surface area contributed by atoms with Crippen molar-refractivity contribution >= 4 is 52.3 Å². The van der Waals surface area contributed by atoms with Gasteiger partial charge >= 0.3 is 0 Å². The molecule has 0 atom stereocenters. The molecule has 3 aromatic rings. The van der Waals surface area contributed by atoms with E-state index < -0.39 is 5.91 Å². The van der Waals surface area contributed by atoms with Crippen LogP contribution in [0.1, 0.15) is 33.6 Å². The van der Waals surface area contributed by atoms with Crippen LogP contribution in [0.5, 0.6) is 0 Å². The molecule has 2 aromatic heterocycles. The van der Waals surface area contributed by atoms with Crippen molar-refractivity contribution in [2.45, 2.75) is 12.8 Å². The second kappa shape index (κ2) is 9.32. The van der Waals surface area contributed by atoms with E-state index >= 15 is 0 Å². The summed E-state index contributed by atoms with van der Waals surface area (Å²) in [5, 5.41) is 6.25. The third-order valence-corrected chi connectivity index (χ3v) is 5.34. The highest BCUT2D eigenvalue weighted by atomic mass is 35.5. The van der Waals surface area contributed by atoms with E-state index in [1.54, 1.807) is 30.3 Å². The predicted octanol–water partition coefficient (Wildman–Crippen LogP) is 4.89. The van der Waals surface area contributed by atoms with Gasteiger partial charge in [-0.25, -0.2) is 9.97 Å². The van der Waals surface area contributed by atoms with E-state index in [-0.39, 0.29) is 11.5 Å². The zero-order chi connectivity index (χ0) is 21.8. The molecule has 2 amide bonds. The Kier molecular flexibility index (Phi) is 6.34. The van der Waals surface area contributed by atoms with Gasteiger partial charge in [-0.05, 0) is 55.3 Å². The van der Waals surface area contributed by atoms with Crippen molar-refractivity contribution in [2.24, 2.45) is 0 Å². The predicted molar refractivity (Wildman–Crippen MR) is 122 cm³/mol. The van der Waals surface area contributed by atoms with Crippen LogP contribution in [0.4, 0.5) is 17.3 Å². The van der Waals surface area contributed by atoms with Crippen molar-refractivity contribution in [3.8, 4) is 0 Å². The smallest absolute Gasteiger partial charge is 0.258 e. The van der Waals surface area contributed by atoms with E-state index in [0.29, 0.717) is 27.1 Å². The first kappa shape index (κ1) is 21.1. The molecule has 1 aromatic carbocycles. The van der Waals surface area contributed by atoms with E-state index in [1.807, 2.05) is 6.07 Å². The Balaban J connectivity index is 1.50. The largest absolute Gasteiger partial charge is 0.357 e. The molecule has 2 N–H and O–H groups in total. The molecule has 0 bridgehead atoms. The van der Waals surface area contributed by atoms with Gasteiger partial charge < -0.3 is 15.5 Å². The van der Waals surface area contributed by atoms with Gasteiger partial charge in [0.1, 0.15) is 11.6 Å². The summed E-state index contributed by atoms with van der Waals surface area (Å²) >= 11 is 11.9. The normalized spacial score (nSPS) is 13.2. The second-order valence-corrected chi connectivity index (χ2v) is 7.93. The summed E-state index contributed by atoms with van der Waals surface area (Å²) in [5.74, 6) is 0.348. The van der Waals surface area contributed by atoms with E-state index in [1.165, 1.54) is 18.5 Å². The Morgan fingerprint density at radius 3 is 2.29 bits per heavy atom. The molecule has 1 saturated heterocycles. The van der Waals surface area contributed by atoms with Crippen LogP contribution < -0.4 is 15.5 Å². The second-order valence-electron chi connectivity index (χ2n) is 7.06. The molecule has 0 unspecified atom stereocenters. The minimum atomic E-state index is -0.463. The van der Waals surface area contributed by atoms with Crippen LogP contribution in [0.3, 0.4) is 0 Å². The van der Waals surface area contributed by atoms with Gasteiger partial charge in [-0.15, -0.1) is 0 Å². The van der Waals surface area contributed by atoms with Crippen molar-refractivity contribution in [3.05, 3.63) is 76.0 Å². The lowest BCUT2D eigenvalue weighted by atomic mass is 10.1. The molecule has 1 aliphatic heterocycles. The summed E-state index contributed by atoms with van der Waals surface area (Å²) in [7, 11) is 0. The Morgan fingerprint density at radius 1 is 0.839 bits per heavy atom. The van der Waals surface area contributed by atoms with Gasteiger partial charge in [-0.3, -0.25) is 9.59 Å². The minimum absolute atomic E-state index is 0.208. The van der Waals surface area contributed by atoms with Crippen molar-refractivity contribution < 1.29 is 9.59 Å². The molecule has 0 spiro atoms. The average Bonchev–Trinajstić information content (AvgIpc) is 3.31. The third-order valence-electron chi connectivity index (χ3n) is 4.88. The molecule has 0 aliphatic carbocycles. The molecule has 4 rings (SSSR count). The number of carbonyl (C=O) groups excluding carboxylic acids is 2. The summed E-state index contributed by atoms with van der Waals surface area (Å²) in [6.45, 7) is 1.95. The first-order valence-corrected chi connectivity index (χ1v) is 10.5. The zero-order valence-electron chi connectivity index (χ0n) is 16.4. The molecule has 7 nitrogen and oxygen atoms in total. The third kappa shape index (κ3) is 5.13. The Labute approximate surface area is 189 Å². The number of hydrogen-bond acceptors (Lipinski definition) is 5. The summed E-state index contributed by atoms with van der Waals surface area (Å²) in [6, 6.07) is 11.4. The molecular weight excluding hydrogens is 437 g/mol. The van der Waals surface area contributed by atoms with Crippen LogP contribution in [0, 0.1) is 0 Å².